The van der Waals surface area contributed by atoms with Crippen LogP contribution in [0.1, 0.15) is 166 Å². The molecule has 0 radical (unpaired) electrons. The number of fused-ring (bicyclic) bond motifs is 1. The maximum Gasteiger partial charge on any atom is -0.0866 e. The summed E-state index contributed by atoms with van der Waals surface area (Å²) in [5.74, 6) is 16.3. The molecule has 328 valence electrons. The predicted molar refractivity (Wildman–Crippen MR) is 266 cm³/mol. The summed E-state index contributed by atoms with van der Waals surface area (Å²) in [5.41, 5.74) is 8.19. The van der Waals surface area contributed by atoms with Crippen LogP contribution in [0, 0.1) is 48.4 Å². The first kappa shape index (κ1) is 50.6. The zero-order valence-corrected chi connectivity index (χ0v) is 43.6. The Morgan fingerprint density at radius 3 is 1.16 bits per heavy atom. The fourth-order valence-corrected chi connectivity index (χ4v) is 35.9. The molecule has 4 aromatic rings. The third-order valence-electron chi connectivity index (χ3n) is 10.6. The second kappa shape index (κ2) is 22.0. The van der Waals surface area contributed by atoms with Crippen LogP contribution in [-0.4, -0.2) is 20.7 Å². The van der Waals surface area contributed by atoms with E-state index in [9.17, 15) is 10.2 Å². The fourth-order valence-electron chi connectivity index (χ4n) is 7.07. The number of benzene rings is 4. The van der Waals surface area contributed by atoms with Crippen LogP contribution in [0.4, 0.5) is 0 Å². The molecule has 0 saturated heterocycles. The Labute approximate surface area is 384 Å². The molecule has 1 aliphatic heterocycles. The van der Waals surface area contributed by atoms with Crippen LogP contribution in [0.15, 0.2) is 84.9 Å². The molecule has 1 fully saturated rings. The smallest absolute Gasteiger partial charge is 0.0866 e. The van der Waals surface area contributed by atoms with Crippen molar-refractivity contribution in [2.45, 2.75) is 154 Å². The van der Waals surface area contributed by atoms with E-state index in [1.807, 2.05) is 60.7 Å². The Balaban J connectivity index is 0.000000490. The molecule has 2 aliphatic rings. The number of phenols is 2. The van der Waals surface area contributed by atoms with E-state index in [1.165, 1.54) is 49.7 Å². The summed E-state index contributed by atoms with van der Waals surface area (Å²) >= 11 is -0.852. The summed E-state index contributed by atoms with van der Waals surface area (Å²) in [7, 11) is 0.646. The van der Waals surface area contributed by atoms with Gasteiger partial charge in [-0.05, 0) is 0 Å². The largest absolute Gasteiger partial charge is 0.199 e. The number of aromatic hydroxyl groups is 2. The van der Waals surface area contributed by atoms with Gasteiger partial charge in [-0.3, -0.25) is 0 Å². The topological polar surface area (TPSA) is 40.5 Å². The van der Waals surface area contributed by atoms with Crippen molar-refractivity contribution in [3.63, 3.8) is 0 Å². The van der Waals surface area contributed by atoms with E-state index >= 15 is 0 Å². The summed E-state index contributed by atoms with van der Waals surface area (Å²) in [4.78, 5) is 0. The molecule has 0 aromatic heterocycles. The Hall–Kier alpha value is -3.08. The third-order valence-corrected chi connectivity index (χ3v) is 32.4. The minimum absolute atomic E-state index is 0.0182. The van der Waals surface area contributed by atoms with Crippen molar-refractivity contribution in [2.75, 3.05) is 0 Å². The normalized spacial score (nSPS) is 18.9. The van der Waals surface area contributed by atoms with Crippen LogP contribution in [-0.2, 0) is 41.5 Å². The van der Waals surface area contributed by atoms with Gasteiger partial charge in [0.25, 0.3) is 0 Å². The number of phenolic OH excluding ortho intramolecular Hbond substituents is 2. The second-order valence-corrected chi connectivity index (χ2v) is 36.4. The molecular weight excluding hydrogens is 860 g/mol. The van der Waals surface area contributed by atoms with Crippen molar-refractivity contribution >= 4 is 14.2 Å². The number of rotatable bonds is 4. The summed E-state index contributed by atoms with van der Waals surface area (Å²) in [6.07, 6.45) is 8.00. The SMILES string of the molecule is CC(C)(C)C#Cc1cc(C(C)(C)C)cc(C[S]2=[Zr]=[S@@](Cc3cc(C(C)(C)C)cc(C#CC(C)(C)C)c3O)C3CCCCCC[C@@H]32)c1O.[CH2-]c1ccccc1.[CH2-]c1ccccc1. The molecule has 0 bridgehead atoms. The van der Waals surface area contributed by atoms with Gasteiger partial charge in [0.1, 0.15) is 0 Å². The molecule has 4 atom stereocenters. The predicted octanol–water partition coefficient (Wildman–Crippen LogP) is 15.5. The molecule has 6 rings (SSSR count). The Morgan fingerprint density at radius 2 is 0.885 bits per heavy atom. The van der Waals surface area contributed by atoms with Crippen LogP contribution in [0.5, 0.6) is 11.5 Å². The van der Waals surface area contributed by atoms with Crippen molar-refractivity contribution in [3.8, 4) is 35.2 Å². The summed E-state index contributed by atoms with van der Waals surface area (Å²) in [6, 6.07) is 28.6. The van der Waals surface area contributed by atoms with Gasteiger partial charge in [-0.1, -0.05) is 12.1 Å². The zero-order valence-electron chi connectivity index (χ0n) is 39.5. The van der Waals surface area contributed by atoms with Crippen molar-refractivity contribution < 1.29 is 29.4 Å². The van der Waals surface area contributed by atoms with Gasteiger partial charge in [0.15, 0.2) is 0 Å². The molecule has 61 heavy (non-hydrogen) atoms. The number of hydrogen-bond acceptors (Lipinski definition) is 2. The first-order valence-corrected chi connectivity index (χ1v) is 31.0. The van der Waals surface area contributed by atoms with E-state index in [4.69, 9.17) is 0 Å². The molecule has 5 heteroatoms. The van der Waals surface area contributed by atoms with Crippen LogP contribution < -0.4 is 0 Å². The molecule has 1 saturated carbocycles. The molecular formula is C56H74O2S2Zr-2. The third kappa shape index (κ3) is 16.5. The van der Waals surface area contributed by atoms with Crippen molar-refractivity contribution in [1.29, 1.82) is 0 Å². The van der Waals surface area contributed by atoms with Gasteiger partial charge < -0.3 is 0 Å². The van der Waals surface area contributed by atoms with Crippen molar-refractivity contribution in [1.82, 2.24) is 0 Å². The Bertz CT molecular complexity index is 2120. The molecule has 2 nitrogen and oxygen atoms in total. The fraction of sp³-hybridized carbons (Fsp3) is 0.464. The van der Waals surface area contributed by atoms with Gasteiger partial charge in [-0.25, -0.2) is 0 Å². The maximum absolute atomic E-state index is 11.7. The van der Waals surface area contributed by atoms with E-state index in [1.54, 1.807) is 0 Å². The van der Waals surface area contributed by atoms with E-state index in [0.717, 1.165) is 55.4 Å². The summed E-state index contributed by atoms with van der Waals surface area (Å²) in [5, 5.41) is 24.9. The molecule has 0 spiro atoms. The van der Waals surface area contributed by atoms with Crippen molar-refractivity contribution in [3.05, 3.63) is 143 Å². The molecule has 1 aliphatic carbocycles. The van der Waals surface area contributed by atoms with Gasteiger partial charge in [-0.2, -0.15) is 49.2 Å². The standard InChI is InChI=1S/C42H60O2S2.2C7H7.Zr/c1-39(2,3)21-19-29-23-33(41(7,8)9)25-31(37(29)43)27-45-35-17-15-13-14-16-18-36(35)46-28-32-26-34(42(10,11)12)24-30(38(32)44)20-22-40(4,5)6;2*1-7-5-3-2-4-6-7;/h23-26,35-36,43-44H,13-18,27-28H2,1-12H3;2*2-6H,1H2;/q;2*-1;/t35-,36?;;;/m0.../s1. The average molecular weight is 935 g/mol. The van der Waals surface area contributed by atoms with Gasteiger partial charge in [0.2, 0.25) is 0 Å². The maximum atomic E-state index is 11.7. The van der Waals surface area contributed by atoms with E-state index in [0.29, 0.717) is 25.7 Å². The van der Waals surface area contributed by atoms with Gasteiger partial charge in [0, 0.05) is 0 Å². The van der Waals surface area contributed by atoms with Crippen LogP contribution in [0.2, 0.25) is 0 Å². The quantitative estimate of drug-likeness (QED) is 0.158. The van der Waals surface area contributed by atoms with Gasteiger partial charge in [0.05, 0.1) is 0 Å². The molecule has 4 aromatic carbocycles. The van der Waals surface area contributed by atoms with Gasteiger partial charge in [-0.15, -0.1) is 24.3 Å². The van der Waals surface area contributed by atoms with Crippen LogP contribution in [0.25, 0.3) is 0 Å². The first-order valence-electron chi connectivity index (χ1n) is 22.1. The van der Waals surface area contributed by atoms with E-state index < -0.39 is 19.2 Å². The van der Waals surface area contributed by atoms with Crippen LogP contribution in [0.3, 0.4) is 0 Å². The monoisotopic (exact) mass is 932 g/mol. The first-order chi connectivity index (χ1) is 28.4. The minimum atomic E-state index is -0.852. The second-order valence-electron chi connectivity index (χ2n) is 20.8. The van der Waals surface area contributed by atoms with E-state index in [2.05, 4.69) is 145 Å². The summed E-state index contributed by atoms with van der Waals surface area (Å²) < 4.78 is 0. The number of hydrogen-bond donors (Lipinski definition) is 2. The van der Waals surface area contributed by atoms with Crippen LogP contribution >= 0.6 is 14.2 Å². The minimum Gasteiger partial charge on any atom is -0.199 e. The Morgan fingerprint density at radius 1 is 0.541 bits per heavy atom. The Kier molecular flexibility index (Phi) is 18.3. The molecule has 2 unspecified atom stereocenters. The molecule has 0 amide bonds. The van der Waals surface area contributed by atoms with E-state index in [-0.39, 0.29) is 21.7 Å². The van der Waals surface area contributed by atoms with Crippen molar-refractivity contribution in [2.24, 2.45) is 10.8 Å². The zero-order chi connectivity index (χ0) is 45.2. The summed E-state index contributed by atoms with van der Waals surface area (Å²) in [6.45, 7) is 33.8. The average Bonchev–Trinajstić information content (AvgIpc) is 3.45. The van der Waals surface area contributed by atoms with Gasteiger partial charge >= 0.3 is 302 Å². The molecule has 2 N–H and O–H groups in total. The molecule has 1 heterocycles.